The van der Waals surface area contributed by atoms with Gasteiger partial charge in [0.2, 0.25) is 0 Å². The lowest BCUT2D eigenvalue weighted by Crippen LogP contribution is -2.15. The summed E-state index contributed by atoms with van der Waals surface area (Å²) in [6, 6.07) is 5.61. The van der Waals surface area contributed by atoms with Crippen molar-refractivity contribution < 1.29 is 17.2 Å². The third-order valence-corrected chi connectivity index (χ3v) is 4.51. The van der Waals surface area contributed by atoms with E-state index in [1.165, 1.54) is 19.1 Å². The molecule has 0 heterocycles. The summed E-state index contributed by atoms with van der Waals surface area (Å²) in [6.45, 7) is 1.42. The molecule has 0 saturated heterocycles. The number of nitrogens with two attached hydrogens (primary N) is 1. The molecule has 2 rings (SSSR count). The summed E-state index contributed by atoms with van der Waals surface area (Å²) >= 11 is 5.75. The molecule has 2 aromatic carbocycles. The van der Waals surface area contributed by atoms with Crippen LogP contribution in [0.1, 0.15) is 5.56 Å². The van der Waals surface area contributed by atoms with E-state index < -0.39 is 32.2 Å². The van der Waals surface area contributed by atoms with E-state index in [9.17, 15) is 17.2 Å². The number of benzene rings is 2. The molecule has 0 spiro atoms. The number of nitrogen functional groups attached to an aromatic ring is 1. The number of sulfonamides is 1. The Bertz CT molecular complexity index is 767. The molecule has 8 heteroatoms. The van der Waals surface area contributed by atoms with Gasteiger partial charge in [-0.25, -0.2) is 17.2 Å². The Morgan fingerprint density at radius 1 is 1.19 bits per heavy atom. The first-order valence-electron chi connectivity index (χ1n) is 5.75. The molecule has 0 saturated carbocycles. The maximum Gasteiger partial charge on any atom is 0.262 e. The van der Waals surface area contributed by atoms with Crippen molar-refractivity contribution in [2.75, 3.05) is 10.5 Å². The first-order valence-corrected chi connectivity index (χ1v) is 7.61. The Morgan fingerprint density at radius 3 is 2.43 bits per heavy atom. The molecule has 0 fully saturated rings. The van der Waals surface area contributed by atoms with Crippen molar-refractivity contribution in [1.82, 2.24) is 0 Å². The zero-order valence-electron chi connectivity index (χ0n) is 10.8. The Hall–Kier alpha value is -1.86. The monoisotopic (exact) mass is 332 g/mol. The molecule has 0 bridgehead atoms. The highest BCUT2D eigenvalue weighted by molar-refractivity contribution is 7.92. The maximum atomic E-state index is 13.6. The van der Waals surface area contributed by atoms with Crippen molar-refractivity contribution in [3.63, 3.8) is 0 Å². The quantitative estimate of drug-likeness (QED) is 0.847. The Morgan fingerprint density at radius 2 is 1.86 bits per heavy atom. The summed E-state index contributed by atoms with van der Waals surface area (Å²) in [4.78, 5) is -0.414. The molecule has 112 valence electrons. The van der Waals surface area contributed by atoms with Gasteiger partial charge in [0.1, 0.15) is 17.3 Å². The number of anilines is 2. The second-order valence-electron chi connectivity index (χ2n) is 4.32. The lowest BCUT2D eigenvalue weighted by Gasteiger charge is -2.12. The highest BCUT2D eigenvalue weighted by Gasteiger charge is 2.20. The summed E-state index contributed by atoms with van der Waals surface area (Å²) in [6.07, 6.45) is 0. The molecule has 0 atom stereocenters. The lowest BCUT2D eigenvalue weighted by molar-refractivity contribution is 0.592. The van der Waals surface area contributed by atoms with Crippen molar-refractivity contribution in [3.05, 3.63) is 52.6 Å². The predicted molar refractivity (Wildman–Crippen MR) is 77.8 cm³/mol. The molecular formula is C13H11ClF2N2O2S. The first-order chi connectivity index (χ1) is 9.72. The molecule has 0 radical (unpaired) electrons. The fourth-order valence-electron chi connectivity index (χ4n) is 1.62. The van der Waals surface area contributed by atoms with Gasteiger partial charge in [-0.05, 0) is 31.2 Å². The van der Waals surface area contributed by atoms with Gasteiger partial charge < -0.3 is 5.73 Å². The SMILES string of the molecule is Cc1c(N)cc(S(=O)(=O)Nc2c(F)cccc2Cl)cc1F. The number of halogens is 3. The highest BCUT2D eigenvalue weighted by atomic mass is 35.5. The van der Waals surface area contributed by atoms with Gasteiger partial charge in [0.15, 0.2) is 0 Å². The van der Waals surface area contributed by atoms with Crippen LogP contribution in [0.3, 0.4) is 0 Å². The molecule has 21 heavy (non-hydrogen) atoms. The van der Waals surface area contributed by atoms with E-state index in [0.29, 0.717) is 0 Å². The van der Waals surface area contributed by atoms with E-state index in [1.54, 1.807) is 0 Å². The van der Waals surface area contributed by atoms with Crippen molar-refractivity contribution in [1.29, 1.82) is 0 Å². The second-order valence-corrected chi connectivity index (χ2v) is 6.41. The smallest absolute Gasteiger partial charge is 0.262 e. The number of hydrogen-bond acceptors (Lipinski definition) is 3. The molecule has 4 nitrogen and oxygen atoms in total. The van der Waals surface area contributed by atoms with Gasteiger partial charge in [-0.1, -0.05) is 17.7 Å². The predicted octanol–water partition coefficient (Wildman–Crippen LogP) is 3.31. The standard InChI is InChI=1S/C13H11ClF2N2O2S/c1-7-11(16)5-8(6-12(7)17)21(19,20)18-13-9(14)3-2-4-10(13)15/h2-6,18H,17H2,1H3. The van der Waals surface area contributed by atoms with Crippen LogP contribution in [-0.4, -0.2) is 8.42 Å². The van der Waals surface area contributed by atoms with Crippen LogP contribution >= 0.6 is 11.6 Å². The molecule has 0 amide bonds. The van der Waals surface area contributed by atoms with E-state index in [2.05, 4.69) is 0 Å². The normalized spacial score (nSPS) is 11.4. The fraction of sp³-hybridized carbons (Fsp3) is 0.0769. The van der Waals surface area contributed by atoms with E-state index in [4.69, 9.17) is 17.3 Å². The van der Waals surface area contributed by atoms with Gasteiger partial charge in [0.25, 0.3) is 10.0 Å². The molecule has 2 aromatic rings. The summed E-state index contributed by atoms with van der Waals surface area (Å²) in [5.74, 6) is -1.61. The number of nitrogens with one attached hydrogen (secondary N) is 1. The Labute approximate surface area is 125 Å². The maximum absolute atomic E-state index is 13.6. The summed E-state index contributed by atoms with van der Waals surface area (Å²) in [5, 5.41) is -0.112. The van der Waals surface area contributed by atoms with Gasteiger partial charge in [-0.3, -0.25) is 4.72 Å². The fourth-order valence-corrected chi connectivity index (χ4v) is 3.02. The number of hydrogen-bond donors (Lipinski definition) is 2. The minimum absolute atomic E-state index is 0.0185. The van der Waals surface area contributed by atoms with E-state index >= 15 is 0 Å². The molecule has 0 aliphatic carbocycles. The van der Waals surface area contributed by atoms with E-state index in [-0.39, 0.29) is 16.3 Å². The summed E-state index contributed by atoms with van der Waals surface area (Å²) < 4.78 is 53.5. The summed E-state index contributed by atoms with van der Waals surface area (Å²) in [5.41, 5.74) is 5.25. The zero-order chi connectivity index (χ0) is 15.8. The van der Waals surface area contributed by atoms with Crippen LogP contribution in [0.2, 0.25) is 5.02 Å². The Kier molecular flexibility index (Phi) is 4.06. The van der Waals surface area contributed by atoms with Crippen LogP contribution in [-0.2, 0) is 10.0 Å². The third kappa shape index (κ3) is 3.08. The molecule has 0 aliphatic rings. The minimum atomic E-state index is -4.21. The van der Waals surface area contributed by atoms with Gasteiger partial charge in [0, 0.05) is 11.3 Å². The zero-order valence-corrected chi connectivity index (χ0v) is 12.4. The van der Waals surface area contributed by atoms with Crippen LogP contribution < -0.4 is 10.5 Å². The lowest BCUT2D eigenvalue weighted by atomic mass is 10.2. The second kappa shape index (κ2) is 5.50. The molecule has 0 aromatic heterocycles. The van der Waals surface area contributed by atoms with Crippen molar-refractivity contribution in [2.24, 2.45) is 0 Å². The molecular weight excluding hydrogens is 322 g/mol. The Balaban J connectivity index is 2.49. The molecule has 0 aliphatic heterocycles. The van der Waals surface area contributed by atoms with Gasteiger partial charge in [-0.2, -0.15) is 0 Å². The molecule has 0 unspecified atom stereocenters. The third-order valence-electron chi connectivity index (χ3n) is 2.87. The average molecular weight is 333 g/mol. The van der Waals surface area contributed by atoms with Crippen LogP contribution in [0.4, 0.5) is 20.2 Å². The van der Waals surface area contributed by atoms with Crippen molar-refractivity contribution in [2.45, 2.75) is 11.8 Å². The largest absolute Gasteiger partial charge is 0.398 e. The van der Waals surface area contributed by atoms with Gasteiger partial charge in [0.05, 0.1) is 9.92 Å². The van der Waals surface area contributed by atoms with Crippen molar-refractivity contribution >= 4 is 33.0 Å². The average Bonchev–Trinajstić information content (AvgIpc) is 2.40. The van der Waals surface area contributed by atoms with Crippen LogP contribution in [0.25, 0.3) is 0 Å². The highest BCUT2D eigenvalue weighted by Crippen LogP contribution is 2.28. The molecule has 3 N–H and O–H groups in total. The van der Waals surface area contributed by atoms with Crippen LogP contribution in [0.15, 0.2) is 35.2 Å². The van der Waals surface area contributed by atoms with E-state index in [0.717, 1.165) is 18.2 Å². The van der Waals surface area contributed by atoms with Crippen molar-refractivity contribution in [3.8, 4) is 0 Å². The number of rotatable bonds is 3. The summed E-state index contributed by atoms with van der Waals surface area (Å²) in [7, 11) is -4.21. The van der Waals surface area contributed by atoms with Crippen LogP contribution in [0.5, 0.6) is 0 Å². The number of para-hydroxylation sites is 1. The van der Waals surface area contributed by atoms with Gasteiger partial charge >= 0.3 is 0 Å². The van der Waals surface area contributed by atoms with Crippen LogP contribution in [0, 0.1) is 18.6 Å². The first kappa shape index (κ1) is 15.5. The minimum Gasteiger partial charge on any atom is -0.398 e. The van der Waals surface area contributed by atoms with E-state index in [1.807, 2.05) is 4.72 Å². The topological polar surface area (TPSA) is 72.2 Å². The van der Waals surface area contributed by atoms with Gasteiger partial charge in [-0.15, -0.1) is 0 Å².